The van der Waals surface area contributed by atoms with Crippen LogP contribution in [-0.4, -0.2) is 115 Å². The minimum atomic E-state index is -3.54. The van der Waals surface area contributed by atoms with E-state index in [1.807, 2.05) is 20.8 Å². The summed E-state index contributed by atoms with van der Waals surface area (Å²) in [6, 6.07) is 0. The van der Waals surface area contributed by atoms with Gasteiger partial charge < -0.3 is 39.9 Å². The molecule has 0 aromatic carbocycles. The van der Waals surface area contributed by atoms with Crippen LogP contribution in [0.1, 0.15) is 118 Å². The fourth-order valence-corrected chi connectivity index (χ4v) is 5.85. The van der Waals surface area contributed by atoms with E-state index in [0.29, 0.717) is 29.8 Å². The van der Waals surface area contributed by atoms with Crippen molar-refractivity contribution in [2.24, 2.45) is 0 Å². The molecule has 0 amide bonds. The first-order valence-electron chi connectivity index (χ1n) is 16.4. The molecule has 0 atom stereocenters. The maximum atomic E-state index is 12.5. The van der Waals surface area contributed by atoms with Crippen molar-refractivity contribution in [3.63, 3.8) is 0 Å². The van der Waals surface area contributed by atoms with E-state index in [9.17, 15) is 27.6 Å². The molecule has 0 spiro atoms. The minimum absolute atomic E-state index is 0.0956. The van der Waals surface area contributed by atoms with Gasteiger partial charge in [0.1, 0.15) is 17.0 Å². The molecule has 15 nitrogen and oxygen atoms in total. The van der Waals surface area contributed by atoms with E-state index in [0.717, 1.165) is 38.0 Å². The average Bonchev–Trinajstić information content (AvgIpc) is 3.69. The lowest BCUT2D eigenvalue weighted by Crippen LogP contribution is -2.30. The predicted molar refractivity (Wildman–Crippen MR) is 182 cm³/mol. The summed E-state index contributed by atoms with van der Waals surface area (Å²) < 4.78 is 36.8. The molecule has 0 saturated carbocycles. The fourth-order valence-electron chi connectivity index (χ4n) is 5.43. The minimum Gasteiger partial charge on any atom is -0.478 e. The van der Waals surface area contributed by atoms with Gasteiger partial charge >= 0.3 is 23.9 Å². The number of aromatic nitrogens is 2. The summed E-state index contributed by atoms with van der Waals surface area (Å²) in [6.07, 6.45) is 5.47. The molecule has 2 aromatic rings. The lowest BCUT2D eigenvalue weighted by Gasteiger charge is -2.19. The number of carboxylic acids is 2. The quantitative estimate of drug-likeness (QED) is 0.0899. The van der Waals surface area contributed by atoms with Crippen molar-refractivity contribution in [3.05, 3.63) is 45.0 Å². The molecular formula is C33H52N4O11S. The standard InChI is InChI=1S/C22H37N3O4.C11H15NO7S/c1-6-28-20(26)18-16(2)19(21(27)29-22(3,4)5)24-17(18)10-9-11-23-12-15-25-13-7-8-14-25;1-6-8(10(13)14)7(12-9(6)11(15)16)4-3-5-19-20(2,17)18/h23-24H,6-15H2,1-5H3;12H,3-5H2,1-2H3,(H,13,14)(H,15,16). The molecule has 1 saturated heterocycles. The molecule has 0 aliphatic carbocycles. The molecule has 5 N–H and O–H groups in total. The fraction of sp³-hybridized carbons (Fsp3) is 0.636. The highest BCUT2D eigenvalue weighted by molar-refractivity contribution is 7.85. The Labute approximate surface area is 288 Å². The van der Waals surface area contributed by atoms with Crippen molar-refractivity contribution in [3.8, 4) is 0 Å². The number of nitrogens with one attached hydrogen (secondary N) is 3. The number of aryl methyl sites for hydroxylation is 2. The first-order valence-corrected chi connectivity index (χ1v) is 18.2. The van der Waals surface area contributed by atoms with Crippen LogP contribution in [0.4, 0.5) is 0 Å². The van der Waals surface area contributed by atoms with Gasteiger partial charge in [0, 0.05) is 24.5 Å². The Balaban J connectivity index is 0.000000365. The highest BCUT2D eigenvalue weighted by Gasteiger charge is 2.28. The van der Waals surface area contributed by atoms with Gasteiger partial charge in [0.05, 0.1) is 30.6 Å². The van der Waals surface area contributed by atoms with Gasteiger partial charge in [-0.2, -0.15) is 8.42 Å². The molecule has 0 radical (unpaired) electrons. The summed E-state index contributed by atoms with van der Waals surface area (Å²) in [5.41, 5.74) is 1.64. The number of carboxylic acid groups (broad SMARTS) is 2. The van der Waals surface area contributed by atoms with Gasteiger partial charge in [-0.3, -0.25) is 4.18 Å². The van der Waals surface area contributed by atoms with Gasteiger partial charge in [-0.05, 0) is 111 Å². The second-order valence-corrected chi connectivity index (χ2v) is 14.5. The Kier molecular flexibility index (Phi) is 16.0. The van der Waals surface area contributed by atoms with Gasteiger partial charge in [0.25, 0.3) is 10.1 Å². The molecule has 2 aromatic heterocycles. The molecular weight excluding hydrogens is 660 g/mol. The number of carbonyl (C=O) groups is 4. The van der Waals surface area contributed by atoms with Crippen molar-refractivity contribution >= 4 is 34.0 Å². The van der Waals surface area contributed by atoms with Crippen molar-refractivity contribution in [1.82, 2.24) is 20.2 Å². The van der Waals surface area contributed by atoms with Crippen LogP contribution < -0.4 is 5.32 Å². The number of aromatic amines is 2. The molecule has 3 rings (SSSR count). The second kappa shape index (κ2) is 18.9. The van der Waals surface area contributed by atoms with Crippen LogP contribution in [0.5, 0.6) is 0 Å². The third kappa shape index (κ3) is 13.6. The Hall–Kier alpha value is -3.73. The summed E-state index contributed by atoms with van der Waals surface area (Å²) in [7, 11) is -3.54. The van der Waals surface area contributed by atoms with E-state index in [-0.39, 0.29) is 42.0 Å². The van der Waals surface area contributed by atoms with Gasteiger partial charge in [0.2, 0.25) is 0 Å². The maximum Gasteiger partial charge on any atom is 0.355 e. The van der Waals surface area contributed by atoms with Crippen molar-refractivity contribution in [2.75, 3.05) is 52.2 Å². The lowest BCUT2D eigenvalue weighted by atomic mass is 10.1. The third-order valence-electron chi connectivity index (χ3n) is 7.62. The van der Waals surface area contributed by atoms with Crippen LogP contribution in [-0.2, 0) is 36.6 Å². The van der Waals surface area contributed by atoms with Crippen LogP contribution >= 0.6 is 0 Å². The van der Waals surface area contributed by atoms with Crippen LogP contribution in [0.15, 0.2) is 0 Å². The first kappa shape index (κ1) is 41.4. The number of hydrogen-bond donors (Lipinski definition) is 5. The molecule has 16 heteroatoms. The topological polar surface area (TPSA) is 217 Å². The van der Waals surface area contributed by atoms with Crippen LogP contribution in [0.2, 0.25) is 0 Å². The largest absolute Gasteiger partial charge is 0.478 e. The number of likely N-dealkylation sites (tertiary alicyclic amines) is 1. The molecule has 1 aliphatic heterocycles. The lowest BCUT2D eigenvalue weighted by molar-refractivity contribution is 0.00620. The summed E-state index contributed by atoms with van der Waals surface area (Å²) >= 11 is 0. The van der Waals surface area contributed by atoms with Gasteiger partial charge in [-0.15, -0.1) is 0 Å². The number of H-pyrrole nitrogens is 2. The monoisotopic (exact) mass is 712 g/mol. The van der Waals surface area contributed by atoms with Crippen molar-refractivity contribution < 1.29 is 51.5 Å². The third-order valence-corrected chi connectivity index (χ3v) is 8.21. The van der Waals surface area contributed by atoms with Gasteiger partial charge in [-0.25, -0.2) is 19.2 Å². The zero-order valence-electron chi connectivity index (χ0n) is 29.6. The number of aromatic carboxylic acids is 2. The first-order chi connectivity index (χ1) is 22.9. The van der Waals surface area contributed by atoms with E-state index in [1.165, 1.54) is 32.9 Å². The Morgan fingerprint density at radius 3 is 1.98 bits per heavy atom. The highest BCUT2D eigenvalue weighted by atomic mass is 32.2. The molecule has 3 heterocycles. The number of hydrogen-bond acceptors (Lipinski definition) is 11. The van der Waals surface area contributed by atoms with Crippen LogP contribution in [0.3, 0.4) is 0 Å². The van der Waals surface area contributed by atoms with Gasteiger partial charge in [-0.1, -0.05) is 0 Å². The average molecular weight is 713 g/mol. The Morgan fingerprint density at radius 1 is 0.857 bits per heavy atom. The summed E-state index contributed by atoms with van der Waals surface area (Å²) in [5, 5.41) is 21.5. The van der Waals surface area contributed by atoms with E-state index in [2.05, 4.69) is 24.4 Å². The zero-order chi connectivity index (χ0) is 36.9. The smallest absolute Gasteiger partial charge is 0.355 e. The molecule has 49 heavy (non-hydrogen) atoms. The predicted octanol–water partition coefficient (Wildman–Crippen LogP) is 3.70. The second-order valence-electron chi connectivity index (χ2n) is 12.8. The summed E-state index contributed by atoms with van der Waals surface area (Å²) in [5.74, 6) is -3.32. The van der Waals surface area contributed by atoms with Crippen molar-refractivity contribution in [1.29, 1.82) is 0 Å². The highest BCUT2D eigenvalue weighted by Crippen LogP contribution is 2.24. The summed E-state index contributed by atoms with van der Waals surface area (Å²) in [4.78, 5) is 55.3. The van der Waals surface area contributed by atoms with E-state index in [4.69, 9.17) is 19.7 Å². The summed E-state index contributed by atoms with van der Waals surface area (Å²) in [6.45, 7) is 15.9. The number of rotatable bonds is 17. The maximum absolute atomic E-state index is 12.5. The van der Waals surface area contributed by atoms with E-state index >= 15 is 0 Å². The van der Waals surface area contributed by atoms with E-state index < -0.39 is 39.6 Å². The SMILES string of the molecule is CCOC(=O)c1c(CCCNCCN2CCCC2)[nH]c(C(=O)OC(C)(C)C)c1C.Cc1c(C(=O)O)[nH]c(CCCOS(C)(=O)=O)c1C(=O)O. The molecule has 1 aliphatic rings. The van der Waals surface area contributed by atoms with E-state index in [1.54, 1.807) is 13.8 Å². The van der Waals surface area contributed by atoms with Crippen LogP contribution in [0, 0.1) is 13.8 Å². The molecule has 276 valence electrons. The zero-order valence-corrected chi connectivity index (χ0v) is 30.4. The number of carbonyl (C=O) groups excluding carboxylic acids is 2. The van der Waals surface area contributed by atoms with Gasteiger partial charge in [0.15, 0.2) is 0 Å². The molecule has 0 unspecified atom stereocenters. The number of esters is 2. The van der Waals surface area contributed by atoms with Crippen LogP contribution in [0.25, 0.3) is 0 Å². The normalized spacial score (nSPS) is 13.5. The number of nitrogens with zero attached hydrogens (tertiary/aromatic N) is 1. The molecule has 1 fully saturated rings. The Bertz CT molecular complexity index is 1550. The molecule has 0 bridgehead atoms. The van der Waals surface area contributed by atoms with Crippen molar-refractivity contribution in [2.45, 2.75) is 85.7 Å². The number of ether oxygens (including phenoxy) is 2. The Morgan fingerprint density at radius 2 is 1.43 bits per heavy atom.